The summed E-state index contributed by atoms with van der Waals surface area (Å²) >= 11 is 2.03. The molecule has 0 spiro atoms. The van der Waals surface area contributed by atoms with Crippen molar-refractivity contribution in [3.63, 3.8) is 0 Å². The number of benzene rings is 1. The number of unbranched alkanes of at least 4 members (excludes halogenated alkanes) is 1. The van der Waals surface area contributed by atoms with Gasteiger partial charge in [-0.05, 0) is 61.7 Å². The SMILES string of the molecule is O=C(O)CCCC=CC[C@@H]1[C@H](CCSCc2ccccc2)[C@@H]2CC[C@H]1O2. The van der Waals surface area contributed by atoms with Crippen molar-refractivity contribution < 1.29 is 14.6 Å². The van der Waals surface area contributed by atoms with Gasteiger partial charge in [-0.2, -0.15) is 11.8 Å². The normalized spacial score (nSPS) is 27.4. The maximum absolute atomic E-state index is 10.5. The van der Waals surface area contributed by atoms with E-state index in [1.807, 2.05) is 11.8 Å². The second kappa shape index (κ2) is 10.2. The first-order chi connectivity index (χ1) is 12.7. The average molecular weight is 375 g/mol. The standard InChI is InChI=1S/C22H30O3S/c23-22(24)11-7-2-1-6-10-18-19(21-13-12-20(18)25-21)14-15-26-16-17-8-4-3-5-9-17/h1,3-6,8-9,18-21H,2,7,10-16H2,(H,23,24)/t18-,19+,20-,21+/m1/s1. The van der Waals surface area contributed by atoms with Crippen molar-refractivity contribution in [3.05, 3.63) is 48.0 Å². The van der Waals surface area contributed by atoms with Crippen molar-refractivity contribution in [1.29, 1.82) is 0 Å². The van der Waals surface area contributed by atoms with Gasteiger partial charge in [0.05, 0.1) is 12.2 Å². The molecule has 2 aliphatic heterocycles. The van der Waals surface area contributed by atoms with Gasteiger partial charge in [0.25, 0.3) is 0 Å². The van der Waals surface area contributed by atoms with E-state index >= 15 is 0 Å². The summed E-state index contributed by atoms with van der Waals surface area (Å²) < 4.78 is 6.20. The number of hydrogen-bond donors (Lipinski definition) is 1. The van der Waals surface area contributed by atoms with Crippen molar-refractivity contribution in [3.8, 4) is 0 Å². The molecule has 0 aliphatic carbocycles. The van der Waals surface area contributed by atoms with Crippen LogP contribution >= 0.6 is 11.8 Å². The molecule has 2 saturated heterocycles. The third-order valence-corrected chi connectivity index (χ3v) is 6.70. The van der Waals surface area contributed by atoms with Crippen molar-refractivity contribution >= 4 is 17.7 Å². The molecule has 26 heavy (non-hydrogen) atoms. The van der Waals surface area contributed by atoms with Crippen LogP contribution in [0.5, 0.6) is 0 Å². The van der Waals surface area contributed by atoms with Gasteiger partial charge >= 0.3 is 5.97 Å². The largest absolute Gasteiger partial charge is 0.481 e. The smallest absolute Gasteiger partial charge is 0.303 e. The van der Waals surface area contributed by atoms with Crippen LogP contribution < -0.4 is 0 Å². The van der Waals surface area contributed by atoms with E-state index in [1.165, 1.54) is 30.6 Å². The van der Waals surface area contributed by atoms with E-state index in [-0.39, 0.29) is 6.42 Å². The molecule has 0 radical (unpaired) electrons. The number of fused-ring (bicyclic) bond motifs is 2. The zero-order valence-electron chi connectivity index (χ0n) is 15.4. The molecule has 2 aliphatic rings. The lowest BCUT2D eigenvalue weighted by Crippen LogP contribution is -2.27. The van der Waals surface area contributed by atoms with E-state index in [4.69, 9.17) is 9.84 Å². The summed E-state index contributed by atoms with van der Waals surface area (Å²) in [6, 6.07) is 10.7. The number of carboxylic acid groups (broad SMARTS) is 1. The molecule has 4 heteroatoms. The van der Waals surface area contributed by atoms with Crippen LogP contribution in [0.15, 0.2) is 42.5 Å². The quantitative estimate of drug-likeness (QED) is 0.421. The maximum atomic E-state index is 10.5. The molecule has 0 amide bonds. The predicted molar refractivity (Wildman–Crippen MR) is 107 cm³/mol. The summed E-state index contributed by atoms with van der Waals surface area (Å²) in [5, 5.41) is 8.68. The molecule has 0 saturated carbocycles. The molecule has 0 unspecified atom stereocenters. The number of ether oxygens (including phenoxy) is 1. The Labute approximate surface area is 161 Å². The van der Waals surface area contributed by atoms with Crippen LogP contribution in [0.1, 0.15) is 50.5 Å². The van der Waals surface area contributed by atoms with Gasteiger partial charge in [0.2, 0.25) is 0 Å². The molecule has 2 heterocycles. The van der Waals surface area contributed by atoms with E-state index in [0.717, 1.165) is 25.0 Å². The Hall–Kier alpha value is -1.26. The summed E-state index contributed by atoms with van der Waals surface area (Å²) in [5.74, 6) is 2.94. The molecule has 3 rings (SSSR count). The van der Waals surface area contributed by atoms with E-state index in [1.54, 1.807) is 0 Å². The number of allylic oxidation sites excluding steroid dienone is 2. The van der Waals surface area contributed by atoms with Crippen molar-refractivity contribution in [1.82, 2.24) is 0 Å². The van der Waals surface area contributed by atoms with Crippen molar-refractivity contribution in [2.75, 3.05) is 5.75 Å². The molecule has 2 bridgehead atoms. The van der Waals surface area contributed by atoms with E-state index in [2.05, 4.69) is 42.5 Å². The first kappa shape index (κ1) is 19.5. The van der Waals surface area contributed by atoms with Crippen molar-refractivity contribution in [2.24, 2.45) is 11.8 Å². The Balaban J connectivity index is 1.39. The second-order valence-corrected chi connectivity index (χ2v) is 8.54. The van der Waals surface area contributed by atoms with Crippen LogP contribution in [0.25, 0.3) is 0 Å². The molecule has 1 aromatic rings. The number of carbonyl (C=O) groups is 1. The van der Waals surface area contributed by atoms with Gasteiger partial charge in [-0.1, -0.05) is 42.5 Å². The van der Waals surface area contributed by atoms with Crippen LogP contribution in [-0.4, -0.2) is 29.0 Å². The highest BCUT2D eigenvalue weighted by atomic mass is 32.2. The van der Waals surface area contributed by atoms with Crippen LogP contribution in [0.3, 0.4) is 0 Å². The fraction of sp³-hybridized carbons (Fsp3) is 0.591. The van der Waals surface area contributed by atoms with Gasteiger partial charge in [-0.15, -0.1) is 0 Å². The summed E-state index contributed by atoms with van der Waals surface area (Å²) in [6.45, 7) is 0. The third kappa shape index (κ3) is 5.62. The highest BCUT2D eigenvalue weighted by Crippen LogP contribution is 2.47. The lowest BCUT2D eigenvalue weighted by atomic mass is 9.76. The van der Waals surface area contributed by atoms with Crippen LogP contribution in [0.4, 0.5) is 0 Å². The van der Waals surface area contributed by atoms with Crippen LogP contribution in [-0.2, 0) is 15.3 Å². The summed E-state index contributed by atoms with van der Waals surface area (Å²) in [7, 11) is 0. The fourth-order valence-corrected chi connectivity index (χ4v) is 5.33. The lowest BCUT2D eigenvalue weighted by Gasteiger charge is -2.27. The molecular formula is C22H30O3S. The number of thioether (sulfide) groups is 1. The molecular weight excluding hydrogens is 344 g/mol. The van der Waals surface area contributed by atoms with Gasteiger partial charge in [0, 0.05) is 12.2 Å². The van der Waals surface area contributed by atoms with Crippen LogP contribution in [0, 0.1) is 11.8 Å². The third-order valence-electron chi connectivity index (χ3n) is 5.63. The molecule has 1 N–H and O–H groups in total. The topological polar surface area (TPSA) is 46.5 Å². The minimum Gasteiger partial charge on any atom is -0.481 e. The second-order valence-electron chi connectivity index (χ2n) is 7.44. The molecule has 1 aromatic carbocycles. The lowest BCUT2D eigenvalue weighted by molar-refractivity contribution is -0.137. The molecule has 3 nitrogen and oxygen atoms in total. The van der Waals surface area contributed by atoms with E-state index in [0.29, 0.717) is 24.0 Å². The number of rotatable bonds is 11. The Morgan fingerprint density at radius 2 is 1.92 bits per heavy atom. The Morgan fingerprint density at radius 3 is 2.69 bits per heavy atom. The summed E-state index contributed by atoms with van der Waals surface area (Å²) in [4.78, 5) is 10.5. The van der Waals surface area contributed by atoms with Gasteiger partial charge in [-0.25, -0.2) is 0 Å². The van der Waals surface area contributed by atoms with Gasteiger partial charge in [-0.3, -0.25) is 4.79 Å². The number of hydrogen-bond acceptors (Lipinski definition) is 3. The van der Waals surface area contributed by atoms with Gasteiger partial charge in [0.15, 0.2) is 0 Å². The average Bonchev–Trinajstić information content (AvgIpc) is 3.24. The zero-order valence-corrected chi connectivity index (χ0v) is 16.2. The molecule has 2 fully saturated rings. The van der Waals surface area contributed by atoms with Crippen molar-refractivity contribution in [2.45, 2.75) is 62.9 Å². The summed E-state index contributed by atoms with van der Waals surface area (Å²) in [6.07, 6.45) is 12.0. The number of aliphatic carboxylic acids is 1. The molecule has 0 aromatic heterocycles. The first-order valence-corrected chi connectivity index (χ1v) is 11.0. The van der Waals surface area contributed by atoms with E-state index in [9.17, 15) is 4.79 Å². The Kier molecular flexibility index (Phi) is 7.63. The molecule has 4 atom stereocenters. The summed E-state index contributed by atoms with van der Waals surface area (Å²) in [5.41, 5.74) is 1.41. The first-order valence-electron chi connectivity index (χ1n) is 9.88. The predicted octanol–water partition coefficient (Wildman–Crippen LogP) is 5.30. The minimum atomic E-state index is -0.701. The highest BCUT2D eigenvalue weighted by molar-refractivity contribution is 7.98. The van der Waals surface area contributed by atoms with Crippen LogP contribution in [0.2, 0.25) is 0 Å². The fourth-order valence-electron chi connectivity index (χ4n) is 4.32. The highest BCUT2D eigenvalue weighted by Gasteiger charge is 2.47. The Morgan fingerprint density at radius 1 is 1.15 bits per heavy atom. The molecule has 142 valence electrons. The number of carboxylic acids is 1. The maximum Gasteiger partial charge on any atom is 0.303 e. The van der Waals surface area contributed by atoms with Gasteiger partial charge < -0.3 is 9.84 Å². The minimum absolute atomic E-state index is 0.267. The van der Waals surface area contributed by atoms with E-state index < -0.39 is 5.97 Å². The van der Waals surface area contributed by atoms with Gasteiger partial charge in [0.1, 0.15) is 0 Å². The Bertz CT molecular complexity index is 586. The monoisotopic (exact) mass is 374 g/mol. The zero-order chi connectivity index (χ0) is 18.2.